The van der Waals surface area contributed by atoms with Crippen molar-refractivity contribution in [2.45, 2.75) is 33.2 Å². The van der Waals surface area contributed by atoms with E-state index in [0.717, 1.165) is 12.1 Å². The highest BCUT2D eigenvalue weighted by Gasteiger charge is 2.13. The number of hydrogen-bond acceptors (Lipinski definition) is 2. The third-order valence-electron chi connectivity index (χ3n) is 2.75. The SMILES string of the molecule is CCC(Nc1ccc(F)cc1OC)C(C)C. The molecule has 0 saturated carbocycles. The Hall–Kier alpha value is -1.25. The molecule has 1 aromatic carbocycles. The molecule has 0 aliphatic rings. The smallest absolute Gasteiger partial charge is 0.144 e. The van der Waals surface area contributed by atoms with Crippen molar-refractivity contribution < 1.29 is 9.13 Å². The summed E-state index contributed by atoms with van der Waals surface area (Å²) in [4.78, 5) is 0. The molecular weight excluding hydrogens is 205 g/mol. The van der Waals surface area contributed by atoms with E-state index in [-0.39, 0.29) is 5.82 Å². The van der Waals surface area contributed by atoms with Crippen molar-refractivity contribution in [1.29, 1.82) is 0 Å². The van der Waals surface area contributed by atoms with E-state index in [4.69, 9.17) is 4.74 Å². The molecule has 16 heavy (non-hydrogen) atoms. The Morgan fingerprint density at radius 3 is 2.56 bits per heavy atom. The van der Waals surface area contributed by atoms with Gasteiger partial charge >= 0.3 is 0 Å². The predicted molar refractivity (Wildman–Crippen MR) is 65.5 cm³/mol. The fourth-order valence-electron chi connectivity index (χ4n) is 1.72. The second kappa shape index (κ2) is 5.73. The summed E-state index contributed by atoms with van der Waals surface area (Å²) in [6.07, 6.45) is 1.03. The summed E-state index contributed by atoms with van der Waals surface area (Å²) in [7, 11) is 1.55. The van der Waals surface area contributed by atoms with Crippen LogP contribution in [0.25, 0.3) is 0 Å². The molecular formula is C13H20FNO. The molecule has 0 heterocycles. The first-order valence-corrected chi connectivity index (χ1v) is 5.68. The standard InChI is InChI=1S/C13H20FNO/c1-5-11(9(2)3)15-12-7-6-10(14)8-13(12)16-4/h6-9,11,15H,5H2,1-4H3. The Balaban J connectivity index is 2.87. The molecule has 0 fully saturated rings. The van der Waals surface area contributed by atoms with E-state index < -0.39 is 0 Å². The summed E-state index contributed by atoms with van der Waals surface area (Å²) in [5.74, 6) is 0.804. The minimum absolute atomic E-state index is 0.278. The number of anilines is 1. The molecule has 0 aliphatic heterocycles. The summed E-state index contributed by atoms with van der Waals surface area (Å²) in [6, 6.07) is 4.94. The fraction of sp³-hybridized carbons (Fsp3) is 0.538. The minimum Gasteiger partial charge on any atom is -0.494 e. The Labute approximate surface area is 96.8 Å². The van der Waals surface area contributed by atoms with Gasteiger partial charge in [-0.05, 0) is 24.5 Å². The van der Waals surface area contributed by atoms with E-state index in [9.17, 15) is 4.39 Å². The topological polar surface area (TPSA) is 21.3 Å². The van der Waals surface area contributed by atoms with Crippen molar-refractivity contribution >= 4 is 5.69 Å². The number of methoxy groups -OCH3 is 1. The van der Waals surface area contributed by atoms with Crippen LogP contribution in [0.15, 0.2) is 18.2 Å². The molecule has 0 spiro atoms. The summed E-state index contributed by atoms with van der Waals surface area (Å²) < 4.78 is 18.2. The first-order chi connectivity index (χ1) is 7.58. The number of halogens is 1. The lowest BCUT2D eigenvalue weighted by atomic mass is 10.0. The van der Waals surface area contributed by atoms with E-state index >= 15 is 0 Å². The normalized spacial score (nSPS) is 12.6. The van der Waals surface area contributed by atoms with Gasteiger partial charge in [0, 0.05) is 12.1 Å². The number of hydrogen-bond donors (Lipinski definition) is 1. The molecule has 0 aromatic heterocycles. The number of nitrogens with one attached hydrogen (secondary N) is 1. The maximum absolute atomic E-state index is 13.0. The summed E-state index contributed by atoms with van der Waals surface area (Å²) in [6.45, 7) is 6.46. The highest BCUT2D eigenvalue weighted by atomic mass is 19.1. The van der Waals surface area contributed by atoms with Crippen LogP contribution in [0.3, 0.4) is 0 Å². The van der Waals surface area contributed by atoms with Crippen molar-refractivity contribution in [3.05, 3.63) is 24.0 Å². The maximum atomic E-state index is 13.0. The first-order valence-electron chi connectivity index (χ1n) is 5.68. The zero-order valence-corrected chi connectivity index (χ0v) is 10.4. The van der Waals surface area contributed by atoms with Gasteiger partial charge in [-0.25, -0.2) is 4.39 Å². The molecule has 1 N–H and O–H groups in total. The molecule has 1 aromatic rings. The van der Waals surface area contributed by atoms with Gasteiger partial charge in [0.2, 0.25) is 0 Å². The average Bonchev–Trinajstić information content (AvgIpc) is 2.26. The number of ether oxygens (including phenoxy) is 1. The maximum Gasteiger partial charge on any atom is 0.144 e. The Kier molecular flexibility index (Phi) is 4.59. The van der Waals surface area contributed by atoms with E-state index in [0.29, 0.717) is 17.7 Å². The van der Waals surface area contributed by atoms with Gasteiger partial charge in [0.15, 0.2) is 0 Å². The van der Waals surface area contributed by atoms with Crippen molar-refractivity contribution in [3.8, 4) is 5.75 Å². The number of rotatable bonds is 5. The second-order valence-electron chi connectivity index (χ2n) is 4.25. The molecule has 1 rings (SSSR count). The minimum atomic E-state index is -0.278. The van der Waals surface area contributed by atoms with Gasteiger partial charge in [-0.3, -0.25) is 0 Å². The third kappa shape index (κ3) is 3.12. The Morgan fingerprint density at radius 1 is 1.38 bits per heavy atom. The predicted octanol–water partition coefficient (Wildman–Crippen LogP) is 3.68. The molecule has 3 heteroatoms. The van der Waals surface area contributed by atoms with E-state index in [2.05, 4.69) is 26.1 Å². The van der Waals surface area contributed by atoms with Crippen molar-refractivity contribution in [3.63, 3.8) is 0 Å². The van der Waals surface area contributed by atoms with Crippen LogP contribution in [-0.4, -0.2) is 13.2 Å². The molecule has 2 nitrogen and oxygen atoms in total. The van der Waals surface area contributed by atoms with Gasteiger partial charge in [-0.2, -0.15) is 0 Å². The van der Waals surface area contributed by atoms with Crippen molar-refractivity contribution in [2.75, 3.05) is 12.4 Å². The van der Waals surface area contributed by atoms with Gasteiger partial charge in [-0.15, -0.1) is 0 Å². The second-order valence-corrected chi connectivity index (χ2v) is 4.25. The molecule has 90 valence electrons. The van der Waals surface area contributed by atoms with E-state index in [1.807, 2.05) is 0 Å². The van der Waals surface area contributed by atoms with E-state index in [1.165, 1.54) is 12.1 Å². The van der Waals surface area contributed by atoms with Gasteiger partial charge in [-0.1, -0.05) is 20.8 Å². The van der Waals surface area contributed by atoms with Crippen LogP contribution in [0.5, 0.6) is 5.75 Å². The molecule has 0 amide bonds. The number of benzene rings is 1. The first kappa shape index (κ1) is 12.8. The van der Waals surface area contributed by atoms with Gasteiger partial charge in [0.05, 0.1) is 12.8 Å². The highest BCUT2D eigenvalue weighted by Crippen LogP contribution is 2.27. The Bertz CT molecular complexity index is 339. The van der Waals surface area contributed by atoms with E-state index in [1.54, 1.807) is 13.2 Å². The summed E-state index contributed by atoms with van der Waals surface area (Å²) >= 11 is 0. The van der Waals surface area contributed by atoms with Crippen LogP contribution in [0.1, 0.15) is 27.2 Å². The van der Waals surface area contributed by atoms with Crippen LogP contribution >= 0.6 is 0 Å². The lowest BCUT2D eigenvalue weighted by Gasteiger charge is -2.23. The molecule has 0 radical (unpaired) electrons. The third-order valence-corrected chi connectivity index (χ3v) is 2.75. The van der Waals surface area contributed by atoms with Gasteiger partial charge < -0.3 is 10.1 Å². The van der Waals surface area contributed by atoms with Crippen LogP contribution in [-0.2, 0) is 0 Å². The molecule has 0 aliphatic carbocycles. The highest BCUT2D eigenvalue weighted by molar-refractivity contribution is 5.57. The quantitative estimate of drug-likeness (QED) is 0.825. The largest absolute Gasteiger partial charge is 0.494 e. The van der Waals surface area contributed by atoms with Crippen molar-refractivity contribution in [1.82, 2.24) is 0 Å². The van der Waals surface area contributed by atoms with Crippen LogP contribution in [0.2, 0.25) is 0 Å². The lowest BCUT2D eigenvalue weighted by Crippen LogP contribution is -2.24. The zero-order valence-electron chi connectivity index (χ0n) is 10.4. The lowest BCUT2D eigenvalue weighted by molar-refractivity contribution is 0.411. The van der Waals surface area contributed by atoms with Gasteiger partial charge in [0.1, 0.15) is 11.6 Å². The molecule has 1 atom stereocenters. The zero-order chi connectivity index (χ0) is 12.1. The van der Waals surface area contributed by atoms with Gasteiger partial charge in [0.25, 0.3) is 0 Å². The summed E-state index contributed by atoms with van der Waals surface area (Å²) in [5.41, 5.74) is 0.851. The van der Waals surface area contributed by atoms with Crippen molar-refractivity contribution in [2.24, 2.45) is 5.92 Å². The molecule has 0 bridgehead atoms. The van der Waals surface area contributed by atoms with Crippen LogP contribution < -0.4 is 10.1 Å². The Morgan fingerprint density at radius 2 is 2.06 bits per heavy atom. The van der Waals surface area contributed by atoms with Crippen LogP contribution in [0, 0.1) is 11.7 Å². The summed E-state index contributed by atoms with van der Waals surface area (Å²) in [5, 5.41) is 3.38. The monoisotopic (exact) mass is 225 g/mol. The average molecular weight is 225 g/mol. The van der Waals surface area contributed by atoms with Crippen LogP contribution in [0.4, 0.5) is 10.1 Å². The molecule has 0 saturated heterocycles. The molecule has 1 unspecified atom stereocenters. The fourth-order valence-corrected chi connectivity index (χ4v) is 1.72.